The Bertz CT molecular complexity index is 2080. The van der Waals surface area contributed by atoms with Gasteiger partial charge in [0, 0.05) is 6.42 Å². The van der Waals surface area contributed by atoms with Crippen LogP contribution in [0.1, 0.15) is 328 Å². The summed E-state index contributed by atoms with van der Waals surface area (Å²) in [4.78, 5) is 13.5. The molecule has 1 amide bonds. The summed E-state index contributed by atoms with van der Waals surface area (Å²) >= 11 is 0. The predicted octanol–water partition coefficient (Wildman–Crippen LogP) is 14.2. The third kappa shape index (κ3) is 42.9. The third-order valence-electron chi connectivity index (χ3n) is 20.5. The molecule has 19 heteroatoms. The summed E-state index contributed by atoms with van der Waals surface area (Å²) < 4.78 is 34.4. The standard InChI is InChI=1S/C83H151NO18/c1-3-5-7-9-11-13-15-17-19-21-23-24-25-26-27-28-29-30-31-32-33-34-35-36-37-38-39-40-41-42-43-45-47-49-51-53-55-57-59-61-71(89)84-66(67(88)60-58-56-54-52-50-48-46-44-22-20-18-16-14-12-10-8-6-4-2)65-97-81-77(95)74(92)79(69(63-86)99-81)102-83-78(96)75(93)80(70(64-87)100-83)101-82-76(94)73(91)72(90)68(62-85)98-82/h15,17,21-23,44,50,52,58,60,66-70,72-83,85-88,90-96H,3-14,16,18-20,24-43,45-49,51,53-57,59,61-65H2,1-2H3,(H,84,89)/b17-15-,23-21-,44-22+,52-50+,60-58+. The molecule has 3 aliphatic heterocycles. The average Bonchev–Trinajstić information content (AvgIpc) is 0.781. The summed E-state index contributed by atoms with van der Waals surface area (Å²) in [7, 11) is 0. The minimum Gasteiger partial charge on any atom is -0.394 e. The average molecular weight is 1450 g/mol. The van der Waals surface area contributed by atoms with E-state index in [9.17, 15) is 61.0 Å². The summed E-state index contributed by atoms with van der Waals surface area (Å²) in [5.41, 5.74) is 0. The molecule has 596 valence electrons. The van der Waals surface area contributed by atoms with E-state index in [1.54, 1.807) is 6.08 Å². The van der Waals surface area contributed by atoms with Gasteiger partial charge in [-0.2, -0.15) is 0 Å². The maximum absolute atomic E-state index is 13.5. The van der Waals surface area contributed by atoms with Gasteiger partial charge in [0.1, 0.15) is 73.2 Å². The number of carbonyl (C=O) groups excluding carboxylic acids is 1. The molecular weight excluding hydrogens is 1300 g/mol. The molecule has 19 nitrogen and oxygen atoms in total. The zero-order valence-corrected chi connectivity index (χ0v) is 63.8. The van der Waals surface area contributed by atoms with Crippen LogP contribution in [-0.2, 0) is 33.2 Å². The molecule has 0 aromatic rings. The van der Waals surface area contributed by atoms with Crippen LogP contribution in [0.4, 0.5) is 0 Å². The van der Waals surface area contributed by atoms with Crippen molar-refractivity contribution < 1.29 is 89.4 Å². The van der Waals surface area contributed by atoms with Crippen LogP contribution in [0.2, 0.25) is 0 Å². The number of hydrogen-bond acceptors (Lipinski definition) is 18. The summed E-state index contributed by atoms with van der Waals surface area (Å²) in [6.45, 7) is 1.72. The number of nitrogens with one attached hydrogen (secondary N) is 1. The van der Waals surface area contributed by atoms with E-state index in [4.69, 9.17) is 28.4 Å². The van der Waals surface area contributed by atoms with Gasteiger partial charge in [-0.15, -0.1) is 0 Å². The zero-order chi connectivity index (χ0) is 73.9. The molecule has 3 rings (SSSR count). The van der Waals surface area contributed by atoms with E-state index >= 15 is 0 Å². The SMILES string of the molecule is CCCCCCC/C=C\C/C=C\CCCCCCCCCCCCCCCCCCCCCCCCCCCCCC(=O)NC(COC1OC(CO)C(OC2OC(CO)C(OC3OC(CO)C(O)C(O)C3O)C(O)C2O)C(O)C1O)C(O)/C=C/CC/C=C/CC/C=C/CCCCCCCCCC. The Kier molecular flexibility index (Phi) is 58.3. The Hall–Kier alpha value is -2.51. The van der Waals surface area contributed by atoms with Crippen molar-refractivity contribution in [3.63, 3.8) is 0 Å². The van der Waals surface area contributed by atoms with Gasteiger partial charge in [0.15, 0.2) is 18.9 Å². The lowest BCUT2D eigenvalue weighted by Crippen LogP contribution is -2.66. The molecule has 17 unspecified atom stereocenters. The van der Waals surface area contributed by atoms with E-state index in [1.807, 2.05) is 6.08 Å². The van der Waals surface area contributed by atoms with Gasteiger partial charge < -0.3 is 89.9 Å². The van der Waals surface area contributed by atoms with Crippen LogP contribution in [0.5, 0.6) is 0 Å². The summed E-state index contributed by atoms with van der Waals surface area (Å²) in [6.07, 6.45) is 55.3. The van der Waals surface area contributed by atoms with Crippen LogP contribution in [0.15, 0.2) is 60.8 Å². The number of aliphatic hydroxyl groups is 11. The molecule has 3 saturated heterocycles. The van der Waals surface area contributed by atoms with E-state index in [1.165, 1.54) is 244 Å². The summed E-state index contributed by atoms with van der Waals surface area (Å²) in [5.74, 6) is -0.285. The van der Waals surface area contributed by atoms with E-state index < -0.39 is 124 Å². The van der Waals surface area contributed by atoms with Gasteiger partial charge in [0.2, 0.25) is 5.91 Å². The first-order valence-corrected chi connectivity index (χ1v) is 41.5. The fourth-order valence-corrected chi connectivity index (χ4v) is 13.8. The largest absolute Gasteiger partial charge is 0.394 e. The van der Waals surface area contributed by atoms with Gasteiger partial charge in [-0.3, -0.25) is 4.79 Å². The third-order valence-corrected chi connectivity index (χ3v) is 20.5. The van der Waals surface area contributed by atoms with Crippen LogP contribution in [0, 0.1) is 0 Å². The molecule has 0 aliphatic carbocycles. The van der Waals surface area contributed by atoms with Crippen molar-refractivity contribution >= 4 is 5.91 Å². The predicted molar refractivity (Wildman–Crippen MR) is 406 cm³/mol. The lowest BCUT2D eigenvalue weighted by molar-refractivity contribution is -0.379. The van der Waals surface area contributed by atoms with Crippen LogP contribution >= 0.6 is 0 Å². The number of aliphatic hydroxyl groups excluding tert-OH is 11. The topological polar surface area (TPSA) is 307 Å². The molecule has 3 aliphatic rings. The Morgan fingerprint density at radius 1 is 0.353 bits per heavy atom. The second kappa shape index (κ2) is 63.4. The fourth-order valence-electron chi connectivity index (χ4n) is 13.8. The van der Waals surface area contributed by atoms with Gasteiger partial charge >= 0.3 is 0 Å². The van der Waals surface area contributed by atoms with E-state index in [2.05, 4.69) is 67.8 Å². The van der Waals surface area contributed by atoms with Crippen molar-refractivity contribution in [2.75, 3.05) is 26.4 Å². The zero-order valence-electron chi connectivity index (χ0n) is 63.8. The molecule has 0 radical (unpaired) electrons. The second-order valence-electron chi connectivity index (χ2n) is 29.6. The maximum Gasteiger partial charge on any atom is 0.220 e. The van der Waals surface area contributed by atoms with Crippen molar-refractivity contribution in [2.24, 2.45) is 0 Å². The summed E-state index contributed by atoms with van der Waals surface area (Å²) in [6, 6.07) is -0.997. The van der Waals surface area contributed by atoms with Crippen molar-refractivity contribution in [3.05, 3.63) is 60.8 Å². The fraction of sp³-hybridized carbons (Fsp3) is 0.867. The Labute approximate surface area is 617 Å². The van der Waals surface area contributed by atoms with E-state index in [0.29, 0.717) is 12.8 Å². The van der Waals surface area contributed by atoms with Gasteiger partial charge in [0.05, 0.1) is 38.6 Å². The number of hydrogen-bond donors (Lipinski definition) is 12. The van der Waals surface area contributed by atoms with Gasteiger partial charge in [-0.25, -0.2) is 0 Å². The monoisotopic (exact) mass is 1450 g/mol. The minimum atomic E-state index is -1.98. The molecule has 0 aromatic carbocycles. The molecule has 0 aromatic heterocycles. The van der Waals surface area contributed by atoms with E-state index in [0.717, 1.165) is 51.4 Å². The van der Waals surface area contributed by atoms with Crippen LogP contribution < -0.4 is 5.32 Å². The highest BCUT2D eigenvalue weighted by atomic mass is 16.8. The highest BCUT2D eigenvalue weighted by Gasteiger charge is 2.54. The van der Waals surface area contributed by atoms with Crippen molar-refractivity contribution in [3.8, 4) is 0 Å². The molecule has 0 saturated carbocycles. The number of ether oxygens (including phenoxy) is 6. The summed E-state index contributed by atoms with van der Waals surface area (Å²) in [5, 5.41) is 121. The molecule has 0 spiro atoms. The quantitative estimate of drug-likeness (QED) is 0.0199. The Morgan fingerprint density at radius 2 is 0.657 bits per heavy atom. The van der Waals surface area contributed by atoms with Crippen LogP contribution in [0.25, 0.3) is 0 Å². The molecule has 3 fully saturated rings. The first-order valence-electron chi connectivity index (χ1n) is 41.5. The number of unbranched alkanes of at least 4 members (excludes halogenated alkanes) is 42. The number of allylic oxidation sites excluding steroid dienone is 9. The Morgan fingerprint density at radius 3 is 1.04 bits per heavy atom. The van der Waals surface area contributed by atoms with Gasteiger partial charge in [-0.05, 0) is 77.0 Å². The lowest BCUT2D eigenvalue weighted by Gasteiger charge is -2.48. The molecular formula is C83H151NO18. The van der Waals surface area contributed by atoms with Crippen LogP contribution in [0.3, 0.4) is 0 Å². The van der Waals surface area contributed by atoms with Gasteiger partial charge in [-0.1, -0.05) is 306 Å². The smallest absolute Gasteiger partial charge is 0.220 e. The van der Waals surface area contributed by atoms with Crippen molar-refractivity contribution in [2.45, 2.75) is 433 Å². The second-order valence-corrected chi connectivity index (χ2v) is 29.6. The lowest BCUT2D eigenvalue weighted by atomic mass is 9.96. The number of carbonyl (C=O) groups is 1. The van der Waals surface area contributed by atoms with Crippen LogP contribution in [-0.4, -0.2) is 193 Å². The normalized spacial score (nSPS) is 26.5. The minimum absolute atomic E-state index is 0.234. The molecule has 12 N–H and O–H groups in total. The molecule has 102 heavy (non-hydrogen) atoms. The highest BCUT2D eigenvalue weighted by molar-refractivity contribution is 5.76. The molecule has 17 atom stereocenters. The first-order chi connectivity index (χ1) is 49.8. The maximum atomic E-state index is 13.5. The molecule has 0 bridgehead atoms. The van der Waals surface area contributed by atoms with Crippen molar-refractivity contribution in [1.29, 1.82) is 0 Å². The highest BCUT2D eigenvalue weighted by Crippen LogP contribution is 2.33. The van der Waals surface area contributed by atoms with E-state index in [-0.39, 0.29) is 18.9 Å². The van der Waals surface area contributed by atoms with Gasteiger partial charge in [0.25, 0.3) is 0 Å². The number of amides is 1. The molecule has 3 heterocycles. The Balaban J connectivity index is 1.31. The first kappa shape index (κ1) is 93.7. The van der Waals surface area contributed by atoms with Crippen molar-refractivity contribution in [1.82, 2.24) is 5.32 Å². The number of rotatable bonds is 66.